The lowest BCUT2D eigenvalue weighted by atomic mass is 10.2. The maximum absolute atomic E-state index is 13.8. The van der Waals surface area contributed by atoms with Crippen LogP contribution in [0.15, 0.2) is 53.4 Å². The summed E-state index contributed by atoms with van der Waals surface area (Å²) in [5, 5.41) is 0. The normalized spacial score (nSPS) is 15.7. The van der Waals surface area contributed by atoms with Crippen LogP contribution in [0, 0.1) is 5.82 Å². The minimum absolute atomic E-state index is 0.00411. The van der Waals surface area contributed by atoms with E-state index < -0.39 is 31.8 Å². The van der Waals surface area contributed by atoms with Crippen molar-refractivity contribution in [1.82, 2.24) is 9.21 Å². The standard InChI is InChI=1S/C19H22FN3O5S2/c1-2-29(25,26)23-12-10-22(11-13-23)19(24)15-6-5-7-16(14-15)30(27,28)21-18-9-4-3-8-17(18)20/h3-9,14,21H,2,10-13H2,1H3. The second-order valence-electron chi connectivity index (χ2n) is 6.70. The van der Waals surface area contributed by atoms with Gasteiger partial charge in [-0.15, -0.1) is 0 Å². The Morgan fingerprint density at radius 3 is 2.30 bits per heavy atom. The molecule has 1 saturated heterocycles. The summed E-state index contributed by atoms with van der Waals surface area (Å²) in [4.78, 5) is 14.1. The number of amides is 1. The molecule has 8 nitrogen and oxygen atoms in total. The summed E-state index contributed by atoms with van der Waals surface area (Å²) in [5.41, 5.74) is -0.0410. The lowest BCUT2D eigenvalue weighted by Crippen LogP contribution is -2.50. The van der Waals surface area contributed by atoms with Crippen LogP contribution in [0.4, 0.5) is 10.1 Å². The van der Waals surface area contributed by atoms with Crippen LogP contribution in [-0.4, -0.2) is 63.9 Å². The Morgan fingerprint density at radius 1 is 1.00 bits per heavy atom. The fourth-order valence-corrected chi connectivity index (χ4v) is 5.28. The monoisotopic (exact) mass is 455 g/mol. The van der Waals surface area contributed by atoms with Crippen molar-refractivity contribution in [3.05, 3.63) is 59.9 Å². The fraction of sp³-hybridized carbons (Fsp3) is 0.316. The molecular formula is C19H22FN3O5S2. The van der Waals surface area contributed by atoms with E-state index in [-0.39, 0.29) is 48.1 Å². The van der Waals surface area contributed by atoms with Crippen molar-refractivity contribution in [2.24, 2.45) is 0 Å². The Kier molecular flexibility index (Phi) is 6.44. The highest BCUT2D eigenvalue weighted by Crippen LogP contribution is 2.20. The van der Waals surface area contributed by atoms with Crippen molar-refractivity contribution in [3.8, 4) is 0 Å². The molecule has 1 fully saturated rings. The van der Waals surface area contributed by atoms with Crippen molar-refractivity contribution < 1.29 is 26.0 Å². The Hall–Kier alpha value is -2.50. The molecule has 3 rings (SSSR count). The Balaban J connectivity index is 1.75. The molecule has 0 aromatic heterocycles. The number of hydrogen-bond donors (Lipinski definition) is 1. The molecule has 1 N–H and O–H groups in total. The van der Waals surface area contributed by atoms with Crippen LogP contribution in [0.3, 0.4) is 0 Å². The Bertz CT molecular complexity index is 1140. The van der Waals surface area contributed by atoms with Crippen molar-refractivity contribution in [2.75, 3.05) is 36.7 Å². The van der Waals surface area contributed by atoms with Gasteiger partial charge in [-0.2, -0.15) is 4.31 Å². The van der Waals surface area contributed by atoms with Crippen LogP contribution >= 0.6 is 0 Å². The molecule has 0 aliphatic carbocycles. The van der Waals surface area contributed by atoms with Crippen LogP contribution in [0.5, 0.6) is 0 Å². The van der Waals surface area contributed by atoms with Crippen LogP contribution in [0.25, 0.3) is 0 Å². The predicted molar refractivity (Wildman–Crippen MR) is 111 cm³/mol. The van der Waals surface area contributed by atoms with Gasteiger partial charge in [0.25, 0.3) is 15.9 Å². The van der Waals surface area contributed by atoms with Crippen molar-refractivity contribution >= 4 is 31.6 Å². The van der Waals surface area contributed by atoms with Gasteiger partial charge in [0.1, 0.15) is 5.82 Å². The van der Waals surface area contributed by atoms with Gasteiger partial charge in [-0.25, -0.2) is 21.2 Å². The summed E-state index contributed by atoms with van der Waals surface area (Å²) in [6, 6.07) is 10.8. The van der Waals surface area contributed by atoms with Gasteiger partial charge in [0.05, 0.1) is 16.3 Å². The van der Waals surface area contributed by atoms with Crippen LogP contribution in [-0.2, 0) is 20.0 Å². The number of para-hydroxylation sites is 1. The first kappa shape index (κ1) is 22.2. The zero-order chi connectivity index (χ0) is 21.9. The number of sulfonamides is 2. The molecule has 1 amide bonds. The molecule has 0 atom stereocenters. The van der Waals surface area contributed by atoms with E-state index in [2.05, 4.69) is 4.72 Å². The molecule has 11 heteroatoms. The van der Waals surface area contributed by atoms with Gasteiger partial charge < -0.3 is 4.90 Å². The predicted octanol–water partition coefficient (Wildman–Crippen LogP) is 1.73. The highest BCUT2D eigenvalue weighted by atomic mass is 32.2. The highest BCUT2D eigenvalue weighted by molar-refractivity contribution is 7.92. The molecule has 30 heavy (non-hydrogen) atoms. The summed E-state index contributed by atoms with van der Waals surface area (Å²) in [6.07, 6.45) is 0. The van der Waals surface area contributed by atoms with Gasteiger partial charge >= 0.3 is 0 Å². The number of rotatable bonds is 6. The van der Waals surface area contributed by atoms with Crippen molar-refractivity contribution in [2.45, 2.75) is 11.8 Å². The number of hydrogen-bond acceptors (Lipinski definition) is 5. The number of piperazine rings is 1. The maximum atomic E-state index is 13.8. The van der Waals surface area contributed by atoms with Crippen LogP contribution < -0.4 is 4.72 Å². The molecule has 1 heterocycles. The number of nitrogens with zero attached hydrogens (tertiary/aromatic N) is 2. The third-order valence-electron chi connectivity index (χ3n) is 4.79. The smallest absolute Gasteiger partial charge is 0.262 e. The molecule has 0 radical (unpaired) electrons. The zero-order valence-corrected chi connectivity index (χ0v) is 17.9. The molecule has 0 saturated carbocycles. The second kappa shape index (κ2) is 8.70. The third-order valence-corrected chi connectivity index (χ3v) is 8.04. The third kappa shape index (κ3) is 4.79. The van der Waals surface area contributed by atoms with E-state index in [0.717, 1.165) is 6.07 Å². The summed E-state index contributed by atoms with van der Waals surface area (Å²) < 4.78 is 66.4. The lowest BCUT2D eigenvalue weighted by molar-refractivity contribution is 0.0697. The molecule has 0 unspecified atom stereocenters. The lowest BCUT2D eigenvalue weighted by Gasteiger charge is -2.33. The SMILES string of the molecule is CCS(=O)(=O)N1CCN(C(=O)c2cccc(S(=O)(=O)Nc3ccccc3F)c2)CC1. The highest BCUT2D eigenvalue weighted by Gasteiger charge is 2.28. The van der Waals surface area contributed by atoms with E-state index in [1.54, 1.807) is 6.92 Å². The first-order chi connectivity index (χ1) is 14.1. The van der Waals surface area contributed by atoms with Gasteiger partial charge in [0.15, 0.2) is 0 Å². The molecule has 0 spiro atoms. The van der Waals surface area contributed by atoms with E-state index in [0.29, 0.717) is 0 Å². The van der Waals surface area contributed by atoms with E-state index >= 15 is 0 Å². The second-order valence-corrected chi connectivity index (χ2v) is 10.6. The van der Waals surface area contributed by atoms with E-state index in [1.807, 2.05) is 0 Å². The van der Waals surface area contributed by atoms with E-state index in [9.17, 15) is 26.0 Å². The summed E-state index contributed by atoms with van der Waals surface area (Å²) in [5.74, 6) is -1.12. The summed E-state index contributed by atoms with van der Waals surface area (Å²) in [7, 11) is -7.42. The largest absolute Gasteiger partial charge is 0.336 e. The first-order valence-electron chi connectivity index (χ1n) is 9.28. The van der Waals surface area contributed by atoms with E-state index in [1.165, 1.54) is 51.7 Å². The minimum Gasteiger partial charge on any atom is -0.336 e. The van der Waals surface area contributed by atoms with Gasteiger partial charge in [-0.05, 0) is 37.3 Å². The topological polar surface area (TPSA) is 104 Å². The van der Waals surface area contributed by atoms with Crippen LogP contribution in [0.2, 0.25) is 0 Å². The maximum Gasteiger partial charge on any atom is 0.262 e. The summed E-state index contributed by atoms with van der Waals surface area (Å²) in [6.45, 7) is 2.36. The average molecular weight is 456 g/mol. The fourth-order valence-electron chi connectivity index (χ4n) is 3.08. The number of carbonyl (C=O) groups is 1. The molecule has 1 aliphatic heterocycles. The number of carbonyl (C=O) groups excluding carboxylic acids is 1. The number of benzene rings is 2. The van der Waals surface area contributed by atoms with Gasteiger partial charge in [0, 0.05) is 31.7 Å². The molecule has 2 aromatic rings. The number of halogens is 1. The van der Waals surface area contributed by atoms with Gasteiger partial charge in [-0.1, -0.05) is 18.2 Å². The van der Waals surface area contributed by atoms with E-state index in [4.69, 9.17) is 0 Å². The molecule has 162 valence electrons. The van der Waals surface area contributed by atoms with Crippen molar-refractivity contribution in [3.63, 3.8) is 0 Å². The minimum atomic E-state index is -4.10. The average Bonchev–Trinajstić information content (AvgIpc) is 2.75. The Labute approximate surface area is 175 Å². The van der Waals surface area contributed by atoms with Crippen molar-refractivity contribution in [1.29, 1.82) is 0 Å². The van der Waals surface area contributed by atoms with Gasteiger partial charge in [-0.3, -0.25) is 9.52 Å². The quantitative estimate of drug-likeness (QED) is 0.715. The summed E-state index contributed by atoms with van der Waals surface area (Å²) >= 11 is 0. The molecule has 0 bridgehead atoms. The molecule has 2 aromatic carbocycles. The zero-order valence-electron chi connectivity index (χ0n) is 16.3. The number of anilines is 1. The number of nitrogens with one attached hydrogen (secondary N) is 1. The van der Waals surface area contributed by atoms with Gasteiger partial charge in [0.2, 0.25) is 10.0 Å². The molecule has 1 aliphatic rings. The first-order valence-corrected chi connectivity index (χ1v) is 12.4. The van der Waals surface area contributed by atoms with Crippen LogP contribution in [0.1, 0.15) is 17.3 Å². The Morgan fingerprint density at radius 2 is 1.67 bits per heavy atom. The molecular weight excluding hydrogens is 433 g/mol.